The summed E-state index contributed by atoms with van der Waals surface area (Å²) < 4.78 is 38.1. The number of carbonyl (C=O) groups is 2. The highest BCUT2D eigenvalue weighted by atomic mass is 32.2. The Morgan fingerprint density at radius 3 is 2.35 bits per heavy atom. The van der Waals surface area contributed by atoms with Crippen LogP contribution in [-0.2, 0) is 26.2 Å². The van der Waals surface area contributed by atoms with Crippen LogP contribution in [0.4, 0.5) is 0 Å². The number of ether oxygens (including phenoxy) is 1. The molecule has 2 heterocycles. The first-order valence-corrected chi connectivity index (χ1v) is 19.8. The summed E-state index contributed by atoms with van der Waals surface area (Å²) >= 11 is 0. The van der Waals surface area contributed by atoms with Crippen molar-refractivity contribution in [3.63, 3.8) is 0 Å². The van der Waals surface area contributed by atoms with E-state index in [1.807, 2.05) is 12.1 Å². The van der Waals surface area contributed by atoms with Gasteiger partial charge in [-0.15, -0.1) is 0 Å². The van der Waals surface area contributed by atoms with Crippen molar-refractivity contribution in [2.24, 2.45) is 22.2 Å². The van der Waals surface area contributed by atoms with Crippen molar-refractivity contribution in [1.82, 2.24) is 13.6 Å². The maximum atomic E-state index is 14.7. The first-order valence-electron chi connectivity index (χ1n) is 18.3. The number of carboxylic acids is 1. The van der Waals surface area contributed by atoms with Gasteiger partial charge in [0.1, 0.15) is 5.75 Å². The van der Waals surface area contributed by atoms with Gasteiger partial charge in [0.05, 0.1) is 29.7 Å². The Hall–Kier alpha value is -3.11. The Kier molecular flexibility index (Phi) is 8.41. The quantitative estimate of drug-likeness (QED) is 0.297. The molecule has 7 rings (SSSR count). The van der Waals surface area contributed by atoms with Crippen molar-refractivity contribution in [3.05, 3.63) is 46.7 Å². The van der Waals surface area contributed by atoms with E-state index < -0.39 is 38.3 Å². The Bertz CT molecular complexity index is 1810. The Labute approximate surface area is 291 Å². The maximum absolute atomic E-state index is 14.7. The van der Waals surface area contributed by atoms with E-state index >= 15 is 0 Å². The van der Waals surface area contributed by atoms with Crippen LogP contribution < -0.4 is 9.46 Å². The second kappa shape index (κ2) is 12.0. The van der Waals surface area contributed by atoms with E-state index in [1.54, 1.807) is 7.11 Å². The van der Waals surface area contributed by atoms with Crippen LogP contribution in [0, 0.1) is 22.2 Å². The number of methoxy groups -OCH3 is 1. The average molecular weight is 692 g/mol. The molecule has 2 unspecified atom stereocenters. The molecule has 3 fully saturated rings. The summed E-state index contributed by atoms with van der Waals surface area (Å²) in [6.45, 7) is 6.42. The summed E-state index contributed by atoms with van der Waals surface area (Å²) in [6.07, 6.45) is 15.3. The van der Waals surface area contributed by atoms with E-state index in [0.717, 1.165) is 95.9 Å². The van der Waals surface area contributed by atoms with Crippen LogP contribution in [0.15, 0.2) is 24.3 Å². The van der Waals surface area contributed by atoms with Gasteiger partial charge in [-0.25, -0.2) is 4.72 Å². The predicted octanol–water partition coefficient (Wildman–Crippen LogP) is 7.43. The van der Waals surface area contributed by atoms with Gasteiger partial charge in [-0.2, -0.15) is 12.7 Å². The van der Waals surface area contributed by atoms with Gasteiger partial charge in [0.25, 0.3) is 0 Å². The predicted molar refractivity (Wildman–Crippen MR) is 191 cm³/mol. The van der Waals surface area contributed by atoms with E-state index in [1.165, 1.54) is 26.1 Å². The number of benzene rings is 1. The van der Waals surface area contributed by atoms with Gasteiger partial charge in [0, 0.05) is 37.7 Å². The van der Waals surface area contributed by atoms with Gasteiger partial charge >= 0.3 is 16.2 Å². The Morgan fingerprint density at radius 2 is 1.73 bits per heavy atom. The van der Waals surface area contributed by atoms with Crippen LogP contribution in [-0.4, -0.2) is 55.5 Å². The minimum absolute atomic E-state index is 0.0136. The lowest BCUT2D eigenvalue weighted by Crippen LogP contribution is -2.56. The molecular formula is C39H53N3O6S. The molecule has 266 valence electrons. The molecule has 5 aliphatic rings. The molecule has 3 saturated carbocycles. The normalized spacial score (nSPS) is 29.0. The van der Waals surface area contributed by atoms with Crippen LogP contribution >= 0.6 is 0 Å². The zero-order valence-corrected chi connectivity index (χ0v) is 30.8. The first-order chi connectivity index (χ1) is 23.2. The summed E-state index contributed by atoms with van der Waals surface area (Å²) in [7, 11) is 0.460. The van der Waals surface area contributed by atoms with Crippen LogP contribution in [0.1, 0.15) is 132 Å². The molecule has 1 aromatic heterocycles. The fourth-order valence-corrected chi connectivity index (χ4v) is 11.2. The highest BCUT2D eigenvalue weighted by Gasteiger charge is 2.69. The Morgan fingerprint density at radius 1 is 1.06 bits per heavy atom. The Balaban J connectivity index is 1.54. The maximum Gasteiger partial charge on any atom is 0.312 e. The summed E-state index contributed by atoms with van der Waals surface area (Å²) in [4.78, 5) is 28.3. The molecule has 1 aromatic carbocycles. The standard InChI is InChI=1S/C39H53N3O6S/c1-24(2)34-39(36(44)45)22-30(39)29-21-26(48-6)15-16-27(29)33-32(25-13-9-7-10-14-25)28-17-20-38(23-31(28)42(33)34,37(3)18-11-8-12-19-37)35(43)40-49(46,47)41(4)5/h15-17,20-21,24-25,30,34H,7-14,18-19,22-23H2,1-6H3,(H,40,43)(H,44,45)/t30?,34-,38+,39?/m0/s1. The zero-order chi connectivity index (χ0) is 35.1. The topological polar surface area (TPSA) is 118 Å². The highest BCUT2D eigenvalue weighted by Crippen LogP contribution is 2.72. The lowest BCUT2D eigenvalue weighted by Gasteiger charge is -2.50. The van der Waals surface area contributed by atoms with E-state index in [0.29, 0.717) is 18.8 Å². The molecule has 49 heavy (non-hydrogen) atoms. The number of fused-ring (bicyclic) bond motifs is 7. The number of carbonyl (C=O) groups excluding carboxylic acids is 1. The number of amides is 1. The molecule has 4 aliphatic carbocycles. The molecule has 2 N–H and O–H groups in total. The number of rotatable bonds is 8. The van der Waals surface area contributed by atoms with Crippen molar-refractivity contribution >= 4 is 28.2 Å². The van der Waals surface area contributed by atoms with Crippen LogP contribution in [0.5, 0.6) is 5.75 Å². The summed E-state index contributed by atoms with van der Waals surface area (Å²) in [5.74, 6) is -0.434. The number of nitrogens with zero attached hydrogens (tertiary/aromatic N) is 2. The molecular weight excluding hydrogens is 639 g/mol. The lowest BCUT2D eigenvalue weighted by atomic mass is 9.54. The molecule has 9 nitrogen and oxygen atoms in total. The van der Waals surface area contributed by atoms with Crippen molar-refractivity contribution < 1.29 is 27.9 Å². The average Bonchev–Trinajstić information content (AvgIpc) is 3.76. The third-order valence-electron chi connectivity index (χ3n) is 13.3. The number of hydrogen-bond donors (Lipinski definition) is 2. The number of aliphatic carboxylic acids is 1. The van der Waals surface area contributed by atoms with Gasteiger partial charge < -0.3 is 14.4 Å². The van der Waals surface area contributed by atoms with Crippen LogP contribution in [0.2, 0.25) is 0 Å². The molecule has 2 aromatic rings. The number of nitrogens with one attached hydrogen (secondary N) is 1. The second-order valence-corrected chi connectivity index (χ2v) is 18.3. The van der Waals surface area contributed by atoms with E-state index in [2.05, 4.69) is 48.3 Å². The van der Waals surface area contributed by atoms with Gasteiger partial charge in [0.15, 0.2) is 0 Å². The summed E-state index contributed by atoms with van der Waals surface area (Å²) in [5, 5.41) is 11.1. The number of carboxylic acid groups (broad SMARTS) is 1. The smallest absolute Gasteiger partial charge is 0.312 e. The monoisotopic (exact) mass is 691 g/mol. The number of aromatic nitrogens is 1. The minimum Gasteiger partial charge on any atom is -0.497 e. The van der Waals surface area contributed by atoms with Gasteiger partial charge in [-0.05, 0) is 84.2 Å². The third-order valence-corrected chi connectivity index (χ3v) is 14.7. The zero-order valence-electron chi connectivity index (χ0n) is 30.0. The molecule has 1 amide bonds. The van der Waals surface area contributed by atoms with E-state index in [4.69, 9.17) is 4.74 Å². The molecule has 1 aliphatic heterocycles. The molecule has 0 bridgehead atoms. The van der Waals surface area contributed by atoms with E-state index in [-0.39, 0.29) is 17.9 Å². The molecule has 4 atom stereocenters. The molecule has 0 radical (unpaired) electrons. The van der Waals surface area contributed by atoms with Crippen LogP contribution in [0.3, 0.4) is 0 Å². The third kappa shape index (κ3) is 5.05. The van der Waals surface area contributed by atoms with Crippen molar-refractivity contribution in [3.8, 4) is 17.0 Å². The molecule has 10 heteroatoms. The lowest BCUT2D eigenvalue weighted by molar-refractivity contribution is -0.146. The second-order valence-electron chi connectivity index (χ2n) is 16.4. The first kappa shape index (κ1) is 34.3. The van der Waals surface area contributed by atoms with E-state index in [9.17, 15) is 23.1 Å². The largest absolute Gasteiger partial charge is 0.497 e. The minimum atomic E-state index is -4.05. The van der Waals surface area contributed by atoms with Crippen molar-refractivity contribution in [1.29, 1.82) is 0 Å². The fraction of sp³-hybridized carbons (Fsp3) is 0.641. The summed E-state index contributed by atoms with van der Waals surface area (Å²) in [5.41, 5.74) is 3.91. The van der Waals surface area contributed by atoms with Gasteiger partial charge in [-0.3, -0.25) is 9.59 Å². The summed E-state index contributed by atoms with van der Waals surface area (Å²) in [6, 6.07) is 5.81. The van der Waals surface area contributed by atoms with Gasteiger partial charge in [-0.1, -0.05) is 71.4 Å². The molecule has 0 spiro atoms. The highest BCUT2D eigenvalue weighted by molar-refractivity contribution is 7.87. The van der Waals surface area contributed by atoms with Crippen molar-refractivity contribution in [2.75, 3.05) is 21.2 Å². The SMILES string of the molecule is COc1ccc2c(c1)C1CC1(C(=O)O)[C@H](C(C)C)n1c3c(c(C4CCCCC4)c1-2)C=C[C@@](C(=O)NS(=O)(=O)N(C)C)(C1(C)CCCCC1)C3. The van der Waals surface area contributed by atoms with Crippen molar-refractivity contribution in [2.45, 2.75) is 116 Å². The fourth-order valence-electron chi connectivity index (χ4n) is 10.6. The van der Waals surface area contributed by atoms with Gasteiger partial charge in [0.2, 0.25) is 5.91 Å². The molecule has 0 saturated heterocycles. The number of hydrogen-bond acceptors (Lipinski definition) is 5. The van der Waals surface area contributed by atoms with Crippen LogP contribution in [0.25, 0.3) is 17.3 Å².